The van der Waals surface area contributed by atoms with Gasteiger partial charge in [0.25, 0.3) is 0 Å². The molecular formula is C28H32FN3O6S. The summed E-state index contributed by atoms with van der Waals surface area (Å²) in [6, 6.07) is 18.4. The molecule has 0 aliphatic carbocycles. The van der Waals surface area contributed by atoms with Gasteiger partial charge in [0, 0.05) is 31.6 Å². The summed E-state index contributed by atoms with van der Waals surface area (Å²) >= 11 is 0. The van der Waals surface area contributed by atoms with E-state index in [4.69, 9.17) is 9.47 Å². The maximum Gasteiger partial charge on any atom is 0.244 e. The minimum absolute atomic E-state index is 0.135. The summed E-state index contributed by atoms with van der Waals surface area (Å²) in [5.74, 6) is -1.06. The molecule has 1 unspecified atom stereocenters. The zero-order valence-corrected chi connectivity index (χ0v) is 23.1. The predicted octanol–water partition coefficient (Wildman–Crippen LogP) is 3.00. The number of carbonyl (C=O) groups excluding carboxylic acids is 2. The summed E-state index contributed by atoms with van der Waals surface area (Å²) in [6.07, 6.45) is 1.11. The normalized spacial score (nSPS) is 11.8. The van der Waals surface area contributed by atoms with Crippen molar-refractivity contribution in [3.63, 3.8) is 0 Å². The molecule has 9 nitrogen and oxygen atoms in total. The monoisotopic (exact) mass is 557 g/mol. The molecule has 0 radical (unpaired) electrons. The molecule has 0 aliphatic rings. The smallest absolute Gasteiger partial charge is 0.244 e. The van der Waals surface area contributed by atoms with Crippen LogP contribution >= 0.6 is 0 Å². The Labute approximate surface area is 228 Å². The highest BCUT2D eigenvalue weighted by molar-refractivity contribution is 7.92. The lowest BCUT2D eigenvalue weighted by atomic mass is 10.0. The van der Waals surface area contributed by atoms with Crippen LogP contribution in [0.5, 0.6) is 11.5 Å². The first-order chi connectivity index (χ1) is 18.6. The van der Waals surface area contributed by atoms with Gasteiger partial charge in [0.1, 0.15) is 18.4 Å². The Hall–Kier alpha value is -4.12. The molecule has 0 saturated heterocycles. The highest BCUT2D eigenvalue weighted by Crippen LogP contribution is 2.32. The lowest BCUT2D eigenvalue weighted by molar-refractivity contribution is -0.139. The van der Waals surface area contributed by atoms with Gasteiger partial charge in [-0.2, -0.15) is 0 Å². The molecule has 0 heterocycles. The number of hydrogen-bond donors (Lipinski definition) is 1. The van der Waals surface area contributed by atoms with Crippen molar-refractivity contribution in [3.05, 3.63) is 89.7 Å². The van der Waals surface area contributed by atoms with Crippen LogP contribution in [-0.4, -0.2) is 65.2 Å². The van der Waals surface area contributed by atoms with E-state index in [0.717, 1.165) is 16.1 Å². The molecule has 0 aliphatic heterocycles. The van der Waals surface area contributed by atoms with E-state index in [1.165, 1.54) is 62.6 Å². The van der Waals surface area contributed by atoms with Crippen LogP contribution in [0.3, 0.4) is 0 Å². The third kappa shape index (κ3) is 7.47. The molecule has 0 aromatic heterocycles. The van der Waals surface area contributed by atoms with Gasteiger partial charge >= 0.3 is 0 Å². The highest BCUT2D eigenvalue weighted by atomic mass is 32.2. The van der Waals surface area contributed by atoms with Gasteiger partial charge in [-0.1, -0.05) is 48.5 Å². The van der Waals surface area contributed by atoms with Crippen molar-refractivity contribution in [2.45, 2.75) is 19.0 Å². The second kappa shape index (κ2) is 13.1. The third-order valence-corrected chi connectivity index (χ3v) is 7.29. The average Bonchev–Trinajstić information content (AvgIpc) is 2.93. The largest absolute Gasteiger partial charge is 0.493 e. The van der Waals surface area contributed by atoms with E-state index < -0.39 is 40.2 Å². The van der Waals surface area contributed by atoms with Gasteiger partial charge in [0.2, 0.25) is 21.8 Å². The first-order valence-corrected chi connectivity index (χ1v) is 13.9. The minimum atomic E-state index is -3.97. The molecule has 0 bridgehead atoms. The molecule has 11 heteroatoms. The molecule has 3 aromatic rings. The van der Waals surface area contributed by atoms with E-state index in [1.54, 1.807) is 6.07 Å². The first kappa shape index (κ1) is 29.4. The molecule has 39 heavy (non-hydrogen) atoms. The molecule has 208 valence electrons. The minimum Gasteiger partial charge on any atom is -0.493 e. The number of benzene rings is 3. The molecule has 2 amide bonds. The van der Waals surface area contributed by atoms with Gasteiger partial charge in [0.15, 0.2) is 11.5 Å². The number of nitrogens with one attached hydrogen (secondary N) is 1. The van der Waals surface area contributed by atoms with Crippen LogP contribution in [-0.2, 0) is 32.6 Å². The van der Waals surface area contributed by atoms with Crippen LogP contribution in [0.1, 0.15) is 11.1 Å². The Kier molecular flexibility index (Phi) is 9.89. The molecular weight excluding hydrogens is 525 g/mol. The average molecular weight is 558 g/mol. The fraction of sp³-hybridized carbons (Fsp3) is 0.286. The van der Waals surface area contributed by atoms with Crippen LogP contribution in [0.15, 0.2) is 72.8 Å². The van der Waals surface area contributed by atoms with E-state index in [9.17, 15) is 22.4 Å². The third-order valence-electron chi connectivity index (χ3n) is 6.15. The van der Waals surface area contributed by atoms with Gasteiger partial charge in [-0.15, -0.1) is 0 Å². The van der Waals surface area contributed by atoms with Gasteiger partial charge in [-0.25, -0.2) is 12.8 Å². The summed E-state index contributed by atoms with van der Waals surface area (Å²) < 4.78 is 51.8. The summed E-state index contributed by atoms with van der Waals surface area (Å²) in [5, 5.41) is 2.58. The number of rotatable bonds is 12. The van der Waals surface area contributed by atoms with Crippen molar-refractivity contribution in [1.82, 2.24) is 10.2 Å². The van der Waals surface area contributed by atoms with Gasteiger partial charge in [-0.05, 0) is 23.8 Å². The molecule has 0 fully saturated rings. The van der Waals surface area contributed by atoms with Crippen molar-refractivity contribution in [3.8, 4) is 11.5 Å². The van der Waals surface area contributed by atoms with Crippen LogP contribution in [0.4, 0.5) is 10.1 Å². The molecule has 1 atom stereocenters. The zero-order valence-electron chi connectivity index (χ0n) is 22.3. The number of halogens is 1. The Morgan fingerprint density at radius 1 is 0.949 bits per heavy atom. The van der Waals surface area contributed by atoms with Crippen LogP contribution in [0.2, 0.25) is 0 Å². The lowest BCUT2D eigenvalue weighted by Crippen LogP contribution is -2.53. The van der Waals surface area contributed by atoms with E-state index in [2.05, 4.69) is 5.32 Å². The zero-order chi connectivity index (χ0) is 28.6. The van der Waals surface area contributed by atoms with E-state index in [-0.39, 0.29) is 30.0 Å². The number of nitrogens with zero attached hydrogens (tertiary/aromatic N) is 2. The highest BCUT2D eigenvalue weighted by Gasteiger charge is 2.33. The quantitative estimate of drug-likeness (QED) is 0.367. The van der Waals surface area contributed by atoms with Crippen molar-refractivity contribution in [2.75, 3.05) is 38.4 Å². The fourth-order valence-electron chi connectivity index (χ4n) is 4.12. The fourth-order valence-corrected chi connectivity index (χ4v) is 4.97. The summed E-state index contributed by atoms with van der Waals surface area (Å²) in [4.78, 5) is 28.2. The summed E-state index contributed by atoms with van der Waals surface area (Å²) in [6.45, 7) is -0.884. The van der Waals surface area contributed by atoms with E-state index in [1.807, 2.05) is 30.3 Å². The van der Waals surface area contributed by atoms with Crippen LogP contribution < -0.4 is 19.1 Å². The number of methoxy groups -OCH3 is 2. The maximum atomic E-state index is 14.7. The Bertz CT molecular complexity index is 1400. The molecule has 3 rings (SSSR count). The van der Waals surface area contributed by atoms with Crippen LogP contribution in [0.25, 0.3) is 0 Å². The number of likely N-dealkylation sites (N-methyl/N-ethyl adjacent to an activating group) is 1. The molecule has 0 saturated carbocycles. The predicted molar refractivity (Wildman–Crippen MR) is 147 cm³/mol. The second-order valence-electron chi connectivity index (χ2n) is 8.74. The van der Waals surface area contributed by atoms with Crippen LogP contribution in [0, 0.1) is 5.82 Å². The number of ether oxygens (including phenoxy) is 2. The van der Waals surface area contributed by atoms with Crippen molar-refractivity contribution in [2.24, 2.45) is 0 Å². The first-order valence-electron chi connectivity index (χ1n) is 12.1. The second-order valence-corrected chi connectivity index (χ2v) is 10.6. The summed E-state index contributed by atoms with van der Waals surface area (Å²) in [7, 11) is 0.329. The molecule has 1 N–H and O–H groups in total. The number of carbonyl (C=O) groups is 2. The lowest BCUT2D eigenvalue weighted by Gasteiger charge is -2.33. The molecule has 3 aromatic carbocycles. The Balaban J connectivity index is 2.06. The number of hydrogen-bond acceptors (Lipinski definition) is 6. The van der Waals surface area contributed by atoms with E-state index in [0.29, 0.717) is 5.75 Å². The van der Waals surface area contributed by atoms with Crippen molar-refractivity contribution >= 4 is 27.5 Å². The maximum absolute atomic E-state index is 14.7. The topological polar surface area (TPSA) is 105 Å². The van der Waals surface area contributed by atoms with Gasteiger partial charge in [-0.3, -0.25) is 13.9 Å². The van der Waals surface area contributed by atoms with Crippen molar-refractivity contribution in [1.29, 1.82) is 0 Å². The van der Waals surface area contributed by atoms with Gasteiger partial charge in [0.05, 0.1) is 26.2 Å². The number of anilines is 1. The number of sulfonamides is 1. The van der Waals surface area contributed by atoms with Crippen molar-refractivity contribution < 1.29 is 31.9 Å². The SMILES string of the molecule is CNC(=O)C(Cc1ccccc1)N(Cc1ccccc1F)C(=O)CN(c1ccc(OC)c(OC)c1)S(C)(=O)=O. The Morgan fingerprint density at radius 3 is 2.18 bits per heavy atom. The summed E-state index contributed by atoms with van der Waals surface area (Å²) in [5.41, 5.74) is 1.12. The standard InChI is InChI=1S/C28H32FN3O6S/c1-30-28(34)24(16-20-10-6-5-7-11-20)31(18-21-12-8-9-13-23(21)29)27(33)19-32(39(4,35)36)22-14-15-25(37-2)26(17-22)38-3/h5-15,17,24H,16,18-19H2,1-4H3,(H,30,34). The Morgan fingerprint density at radius 2 is 1.59 bits per heavy atom. The molecule has 0 spiro atoms. The number of amides is 2. The van der Waals surface area contributed by atoms with Gasteiger partial charge < -0.3 is 19.7 Å². The van der Waals surface area contributed by atoms with E-state index >= 15 is 0 Å².